The summed E-state index contributed by atoms with van der Waals surface area (Å²) in [7, 11) is -5.29. The highest BCUT2D eigenvalue weighted by molar-refractivity contribution is 7.87. The summed E-state index contributed by atoms with van der Waals surface area (Å²) in [5, 5.41) is 0. The van der Waals surface area contributed by atoms with Crippen LogP contribution in [0, 0.1) is 23.3 Å². The number of ketones is 1. The predicted octanol–water partition coefficient (Wildman–Crippen LogP) is 3.33. The minimum atomic E-state index is -5.29. The van der Waals surface area contributed by atoms with Crippen LogP contribution in [-0.2, 0) is 13.9 Å². The number of rotatable bonds is 4. The van der Waals surface area contributed by atoms with E-state index in [-0.39, 0.29) is 5.56 Å². The van der Waals surface area contributed by atoms with Gasteiger partial charge in [0.1, 0.15) is 5.56 Å². The third kappa shape index (κ3) is 2.94. The zero-order valence-corrected chi connectivity index (χ0v) is 12.4. The first kappa shape index (κ1) is 17.4. The molecule has 122 valence electrons. The van der Waals surface area contributed by atoms with Gasteiger partial charge in [0.25, 0.3) is 0 Å². The summed E-state index contributed by atoms with van der Waals surface area (Å²) < 4.78 is 81.3. The Morgan fingerprint density at radius 3 is 1.83 bits per heavy atom. The van der Waals surface area contributed by atoms with Crippen molar-refractivity contribution in [2.45, 2.75) is 4.90 Å². The van der Waals surface area contributed by atoms with Gasteiger partial charge in [-0.2, -0.15) is 12.2 Å². The largest absolute Gasteiger partial charge is 0.319 e. The molecule has 2 aromatic carbocycles. The number of hydrogen-bond acceptors (Lipinski definition) is 4. The van der Waals surface area contributed by atoms with E-state index in [1.807, 2.05) is 0 Å². The van der Waals surface area contributed by atoms with Crippen molar-refractivity contribution in [2.24, 2.45) is 0 Å². The van der Waals surface area contributed by atoms with Gasteiger partial charge < -0.3 is 0 Å². The van der Waals surface area contributed by atoms with Gasteiger partial charge in [-0.25, -0.2) is 17.6 Å². The van der Waals surface area contributed by atoms with Crippen LogP contribution in [0.15, 0.2) is 35.2 Å². The molecule has 0 amide bonds. The molecule has 0 aromatic heterocycles. The van der Waals surface area contributed by atoms with Crippen LogP contribution in [-0.4, -0.2) is 14.2 Å². The zero-order chi connectivity index (χ0) is 17.4. The smallest absolute Gasteiger partial charge is 0.288 e. The van der Waals surface area contributed by atoms with E-state index in [0.717, 1.165) is 12.1 Å². The van der Waals surface area contributed by atoms with Gasteiger partial charge in [0.2, 0.25) is 0 Å². The predicted molar refractivity (Wildman–Crippen MR) is 70.3 cm³/mol. The van der Waals surface area contributed by atoms with E-state index in [9.17, 15) is 30.8 Å². The molecular weight excluding hydrogens is 364 g/mol. The molecule has 0 bridgehead atoms. The average molecular weight is 369 g/mol. The quantitative estimate of drug-likeness (QED) is 0.472. The maximum absolute atomic E-state index is 13.9. The molecule has 0 saturated heterocycles. The van der Waals surface area contributed by atoms with Gasteiger partial charge in [-0.05, 0) is 0 Å². The van der Waals surface area contributed by atoms with Crippen molar-refractivity contribution < 1.29 is 34.5 Å². The van der Waals surface area contributed by atoms with E-state index in [0.29, 0.717) is 0 Å². The maximum atomic E-state index is 13.9. The highest BCUT2D eigenvalue weighted by atomic mass is 35.5. The van der Waals surface area contributed by atoms with E-state index < -0.39 is 49.6 Å². The summed E-state index contributed by atoms with van der Waals surface area (Å²) in [6.07, 6.45) is 0. The molecular formula is C13H5ClF4O4S. The fourth-order valence-corrected chi connectivity index (χ4v) is 2.67. The molecule has 23 heavy (non-hydrogen) atoms. The minimum absolute atomic E-state index is 0.256. The third-order valence-electron chi connectivity index (χ3n) is 2.82. The lowest BCUT2D eigenvalue weighted by Gasteiger charge is -2.10. The normalized spacial score (nSPS) is 11.5. The Kier molecular flexibility index (Phi) is 4.73. The Morgan fingerprint density at radius 1 is 0.913 bits per heavy atom. The molecule has 4 nitrogen and oxygen atoms in total. The van der Waals surface area contributed by atoms with Crippen molar-refractivity contribution in [3.05, 3.63) is 64.7 Å². The Morgan fingerprint density at radius 2 is 1.39 bits per heavy atom. The lowest BCUT2D eigenvalue weighted by molar-refractivity contribution is 0.102. The van der Waals surface area contributed by atoms with Gasteiger partial charge in [-0.3, -0.25) is 4.79 Å². The third-order valence-corrected chi connectivity index (χ3v) is 4.34. The molecule has 0 atom stereocenters. The molecule has 0 radical (unpaired) electrons. The zero-order valence-electron chi connectivity index (χ0n) is 10.8. The van der Waals surface area contributed by atoms with E-state index >= 15 is 0 Å². The maximum Gasteiger partial charge on any atom is 0.319 e. The van der Waals surface area contributed by atoms with E-state index in [1.165, 1.54) is 18.2 Å². The second-order valence-corrected chi connectivity index (χ2v) is 5.99. The Balaban J connectivity index is 2.77. The van der Waals surface area contributed by atoms with Crippen LogP contribution < -0.4 is 0 Å². The average Bonchev–Trinajstić information content (AvgIpc) is 2.54. The van der Waals surface area contributed by atoms with Crippen molar-refractivity contribution in [3.8, 4) is 0 Å². The van der Waals surface area contributed by atoms with E-state index in [1.54, 1.807) is 0 Å². The summed E-state index contributed by atoms with van der Waals surface area (Å²) in [5.74, 6) is -10.4. The number of carbonyl (C=O) groups is 1. The molecule has 0 spiro atoms. The molecule has 0 saturated carbocycles. The summed E-state index contributed by atoms with van der Waals surface area (Å²) >= 11 is 4.54. The molecule has 0 aliphatic rings. The van der Waals surface area contributed by atoms with Gasteiger partial charge >= 0.3 is 10.1 Å². The highest BCUT2D eigenvalue weighted by Gasteiger charge is 2.36. The molecule has 10 heteroatoms. The van der Waals surface area contributed by atoms with E-state index in [4.69, 9.17) is 0 Å². The SMILES string of the molecule is O=C(c1ccccc1)c1c(F)c(F)c(S(=O)(=O)OCl)c(F)c1F. The number of benzene rings is 2. The summed E-state index contributed by atoms with van der Waals surface area (Å²) in [6, 6.07) is 6.52. The fraction of sp³-hybridized carbons (Fsp3) is 0. The molecule has 0 aliphatic carbocycles. The van der Waals surface area contributed by atoms with Crippen molar-refractivity contribution in [1.82, 2.24) is 0 Å². The molecule has 0 N–H and O–H groups in total. The molecule has 0 heterocycles. The van der Waals surface area contributed by atoms with Crippen LogP contribution in [0.1, 0.15) is 15.9 Å². The number of halogens is 5. The van der Waals surface area contributed by atoms with Crippen molar-refractivity contribution >= 4 is 27.8 Å². The minimum Gasteiger partial charge on any atom is -0.288 e. The van der Waals surface area contributed by atoms with Crippen molar-refractivity contribution in [2.75, 3.05) is 0 Å². The number of carbonyl (C=O) groups excluding carboxylic acids is 1. The van der Waals surface area contributed by atoms with Crippen LogP contribution in [0.2, 0.25) is 0 Å². The first-order valence-corrected chi connectivity index (χ1v) is 7.45. The van der Waals surface area contributed by atoms with E-state index in [2.05, 4.69) is 15.6 Å². The van der Waals surface area contributed by atoms with Crippen LogP contribution in [0.25, 0.3) is 0 Å². The van der Waals surface area contributed by atoms with Crippen molar-refractivity contribution in [1.29, 1.82) is 0 Å². The topological polar surface area (TPSA) is 60.4 Å². The monoisotopic (exact) mass is 368 g/mol. The summed E-state index contributed by atoms with van der Waals surface area (Å²) in [6.45, 7) is 0. The standard InChI is InChI=1S/C13H5ClF4O4S/c14-22-23(20,21)13-10(17)8(15)7(9(16)11(13)18)12(19)6-4-2-1-3-5-6/h1-5H. The van der Waals surface area contributed by atoms with Gasteiger partial charge in [-0.15, -0.1) is 0 Å². The molecule has 0 aliphatic heterocycles. The molecule has 2 aromatic rings. The Labute approximate surface area is 132 Å². The number of hydrogen-bond donors (Lipinski definition) is 0. The van der Waals surface area contributed by atoms with Crippen LogP contribution in [0.3, 0.4) is 0 Å². The van der Waals surface area contributed by atoms with Gasteiger partial charge in [-0.1, -0.05) is 30.3 Å². The molecule has 0 fully saturated rings. The summed E-state index contributed by atoms with van der Waals surface area (Å²) in [4.78, 5) is 9.94. The highest BCUT2D eigenvalue weighted by Crippen LogP contribution is 2.30. The van der Waals surface area contributed by atoms with Crippen LogP contribution >= 0.6 is 11.9 Å². The summed E-state index contributed by atoms with van der Waals surface area (Å²) in [5.41, 5.74) is -1.83. The van der Waals surface area contributed by atoms with Crippen LogP contribution in [0.4, 0.5) is 17.6 Å². The second kappa shape index (κ2) is 6.26. The Hall–Kier alpha value is -1.97. The Bertz CT molecular complexity index is 856. The van der Waals surface area contributed by atoms with Gasteiger partial charge in [0, 0.05) is 5.56 Å². The lowest BCUT2D eigenvalue weighted by atomic mass is 10.0. The molecule has 0 unspecified atom stereocenters. The van der Waals surface area contributed by atoms with Crippen molar-refractivity contribution in [3.63, 3.8) is 0 Å². The van der Waals surface area contributed by atoms with Gasteiger partial charge in [0.15, 0.2) is 33.9 Å². The lowest BCUT2D eigenvalue weighted by Crippen LogP contribution is -2.17. The molecule has 2 rings (SSSR count). The first-order chi connectivity index (χ1) is 10.7. The van der Waals surface area contributed by atoms with Crippen LogP contribution in [0.5, 0.6) is 0 Å². The van der Waals surface area contributed by atoms with Gasteiger partial charge in [0.05, 0.1) is 11.9 Å². The first-order valence-electron chi connectivity index (χ1n) is 5.73. The second-order valence-electron chi connectivity index (χ2n) is 4.17. The fourth-order valence-electron chi connectivity index (χ4n) is 1.80.